The molecule has 4 atom stereocenters. The number of H-pyrrole nitrogens is 1. The second-order valence-corrected chi connectivity index (χ2v) is 24.4. The number of thiazole rings is 1. The van der Waals surface area contributed by atoms with Crippen molar-refractivity contribution >= 4 is 68.8 Å². The number of pyridine rings is 1. The number of piperazine rings is 1. The smallest absolute Gasteiger partial charge is 0.246 e. The van der Waals surface area contributed by atoms with Gasteiger partial charge in [0, 0.05) is 100 Å². The Labute approximate surface area is 466 Å². The molecule has 16 nitrogen and oxygen atoms in total. The van der Waals surface area contributed by atoms with Crippen LogP contribution in [-0.4, -0.2) is 152 Å². The van der Waals surface area contributed by atoms with Crippen LogP contribution in [0.2, 0.25) is 0 Å². The summed E-state index contributed by atoms with van der Waals surface area (Å²) in [5, 5.41) is 6.52. The standard InChI is InChI=1S/C58H68F3N11O5S2/c1-36-53(78-35-65-36)40-9-7-37(8-10-40)29-64-56(75)48-6-5-20-72(48)57(76)54(58(2,3)4)66-49(73)34-69-26-24-68(25-27-69)32-38-17-21-70(22-18-38)43-13-11-39(12-14-43)41-28-44-45(31-63-55(44)62-30-41)52(74)50-46(60)15-16-47(51(50)61)67-79(77)71-23-19-42(59)33-71/h7-16,28,30-31,35,38,42,48,54,67H,5-6,17-27,29,32-34H2,1-4H3,(H,62,63)(H,64,75)(H,66,73). The number of nitrogens with zero attached hydrogens (tertiary/aromatic N) is 7. The highest BCUT2D eigenvalue weighted by Gasteiger charge is 2.42. The third kappa shape index (κ3) is 12.8. The van der Waals surface area contributed by atoms with Crippen LogP contribution >= 0.6 is 11.3 Å². The summed E-state index contributed by atoms with van der Waals surface area (Å²) in [6.45, 7) is 14.9. The number of aromatic nitrogens is 3. The largest absolute Gasteiger partial charge is 0.573 e. The van der Waals surface area contributed by atoms with E-state index >= 15 is 8.78 Å². The molecular formula is C58H68F3N11O5S2. The number of aromatic amines is 1. The van der Waals surface area contributed by atoms with Gasteiger partial charge in [-0.1, -0.05) is 57.2 Å². The van der Waals surface area contributed by atoms with Crippen molar-refractivity contribution in [1.29, 1.82) is 0 Å². The molecule has 6 aromatic rings. The number of alkyl halides is 1. The number of hydrogen-bond donors (Lipinski definition) is 4. The van der Waals surface area contributed by atoms with Gasteiger partial charge < -0.3 is 34.9 Å². The van der Waals surface area contributed by atoms with E-state index in [4.69, 9.17) is 0 Å². The zero-order valence-corrected chi connectivity index (χ0v) is 46.7. The Bertz CT molecular complexity index is 3160. The third-order valence-electron chi connectivity index (χ3n) is 15.8. The normalized spacial score (nSPS) is 19.7. The molecule has 3 aromatic heterocycles. The molecule has 4 saturated heterocycles. The van der Waals surface area contributed by atoms with Gasteiger partial charge in [-0.3, -0.25) is 24.1 Å². The van der Waals surface area contributed by atoms with Gasteiger partial charge in [0.25, 0.3) is 0 Å². The molecule has 4 aliphatic heterocycles. The summed E-state index contributed by atoms with van der Waals surface area (Å²) in [6.07, 6.45) is 5.46. The highest BCUT2D eigenvalue weighted by molar-refractivity contribution is 7.90. The number of fused-ring (bicyclic) bond motifs is 1. The Morgan fingerprint density at radius 3 is 2.27 bits per heavy atom. The molecule has 10 rings (SSSR count). The number of nitrogens with one attached hydrogen (secondary N) is 4. The van der Waals surface area contributed by atoms with E-state index < -0.39 is 58.2 Å². The van der Waals surface area contributed by atoms with Crippen LogP contribution in [0, 0.1) is 29.9 Å². The summed E-state index contributed by atoms with van der Waals surface area (Å²) < 4.78 is 61.3. The summed E-state index contributed by atoms with van der Waals surface area (Å²) in [7, 11) is 0. The fourth-order valence-corrected chi connectivity index (χ4v) is 13.1. The predicted octanol–water partition coefficient (Wildman–Crippen LogP) is 7.88. The van der Waals surface area contributed by atoms with Crippen molar-refractivity contribution in [2.75, 3.05) is 81.6 Å². The summed E-state index contributed by atoms with van der Waals surface area (Å²) in [5.74, 6) is -3.25. The number of aryl methyl sites for hydroxylation is 1. The number of anilines is 2. The number of ketones is 1. The Kier molecular flexibility index (Phi) is 17.1. The first-order valence-electron chi connectivity index (χ1n) is 27.2. The average molecular weight is 1120 g/mol. The topological polar surface area (TPSA) is 185 Å². The number of halogens is 3. The van der Waals surface area contributed by atoms with Gasteiger partial charge in [-0.25, -0.2) is 23.1 Å². The van der Waals surface area contributed by atoms with E-state index in [1.54, 1.807) is 28.5 Å². The summed E-state index contributed by atoms with van der Waals surface area (Å²) in [6, 6.07) is 18.6. The molecule has 0 radical (unpaired) electrons. The van der Waals surface area contributed by atoms with Crippen LogP contribution in [0.1, 0.15) is 80.1 Å². The molecule has 4 aliphatic rings. The Balaban J connectivity index is 0.669. The molecule has 79 heavy (non-hydrogen) atoms. The van der Waals surface area contributed by atoms with E-state index in [1.165, 1.54) is 10.5 Å². The summed E-state index contributed by atoms with van der Waals surface area (Å²) >= 11 is -0.388. The van der Waals surface area contributed by atoms with E-state index in [1.807, 2.05) is 69.6 Å². The van der Waals surface area contributed by atoms with Gasteiger partial charge in [0.05, 0.1) is 34.7 Å². The molecule has 0 saturated carbocycles. The van der Waals surface area contributed by atoms with Crippen molar-refractivity contribution in [2.24, 2.45) is 11.3 Å². The molecule has 7 heterocycles. The minimum atomic E-state index is -1.99. The van der Waals surface area contributed by atoms with E-state index in [0.717, 1.165) is 104 Å². The van der Waals surface area contributed by atoms with Crippen LogP contribution in [-0.2, 0) is 32.5 Å². The molecule has 418 valence electrons. The minimum absolute atomic E-state index is 0.0256. The van der Waals surface area contributed by atoms with Crippen LogP contribution in [0.3, 0.4) is 0 Å². The van der Waals surface area contributed by atoms with Gasteiger partial charge in [-0.05, 0) is 97.4 Å². The maximum atomic E-state index is 15.8. The number of benzene rings is 3. The second-order valence-electron chi connectivity index (χ2n) is 22.4. The molecule has 0 bridgehead atoms. The quantitative estimate of drug-likeness (QED) is 0.0513. The number of piperidine rings is 1. The zero-order valence-electron chi connectivity index (χ0n) is 45.0. The van der Waals surface area contributed by atoms with Gasteiger partial charge in [0.2, 0.25) is 23.5 Å². The second kappa shape index (κ2) is 24.2. The van der Waals surface area contributed by atoms with Crippen molar-refractivity contribution in [1.82, 2.24) is 44.6 Å². The maximum absolute atomic E-state index is 15.8. The molecule has 3 amide bonds. The van der Waals surface area contributed by atoms with Crippen LogP contribution in [0.15, 0.2) is 84.6 Å². The molecule has 3 aromatic carbocycles. The summed E-state index contributed by atoms with van der Waals surface area (Å²) in [4.78, 5) is 76.8. The van der Waals surface area contributed by atoms with E-state index in [9.17, 15) is 28.1 Å². The third-order valence-corrected chi connectivity index (χ3v) is 18.0. The fraction of sp³-hybridized carbons (Fsp3) is 0.448. The van der Waals surface area contributed by atoms with Crippen molar-refractivity contribution in [3.63, 3.8) is 0 Å². The van der Waals surface area contributed by atoms with E-state index in [2.05, 4.69) is 57.1 Å². The highest BCUT2D eigenvalue weighted by Crippen LogP contribution is 2.34. The van der Waals surface area contributed by atoms with E-state index in [-0.39, 0.29) is 55.0 Å². The van der Waals surface area contributed by atoms with Crippen LogP contribution in [0.5, 0.6) is 0 Å². The molecular weight excluding hydrogens is 1050 g/mol. The molecule has 4 unspecified atom stereocenters. The Morgan fingerprint density at radius 1 is 0.861 bits per heavy atom. The van der Waals surface area contributed by atoms with Gasteiger partial charge in [-0.2, -0.15) is 4.72 Å². The Morgan fingerprint density at radius 2 is 1.58 bits per heavy atom. The zero-order chi connectivity index (χ0) is 55.5. The van der Waals surface area contributed by atoms with Gasteiger partial charge >= 0.3 is 0 Å². The predicted molar refractivity (Wildman–Crippen MR) is 302 cm³/mol. The number of carbonyl (C=O) groups is 4. The molecule has 4 N–H and O–H groups in total. The lowest BCUT2D eigenvalue weighted by molar-refractivity contribution is -0.144. The lowest BCUT2D eigenvalue weighted by Crippen LogP contribution is -2.59. The van der Waals surface area contributed by atoms with Gasteiger partial charge in [0.1, 0.15) is 35.4 Å². The van der Waals surface area contributed by atoms with Crippen molar-refractivity contribution < 1.29 is 36.9 Å². The lowest BCUT2D eigenvalue weighted by atomic mass is 9.85. The first kappa shape index (κ1) is 55.9. The van der Waals surface area contributed by atoms with Gasteiger partial charge in [0.15, 0.2) is 17.4 Å². The van der Waals surface area contributed by atoms with Crippen LogP contribution < -0.4 is 20.3 Å². The lowest BCUT2D eigenvalue weighted by Gasteiger charge is -2.39. The number of hydrogen-bond acceptors (Lipinski definition) is 13. The SMILES string of the molecule is Cc1ncsc1-c1ccc(CNC(=O)C2CCCN2C(=O)C(NC(=O)CN2CCN(CC3CCN(c4ccc(-c5cnc6[nH]cc(C(=O)c7c(F)ccc(N[S+]([O-])N8CCC(F)C8)c7F)c6c5)cc4)CC3)CC2)C(C)(C)C)cc1. The average Bonchev–Trinajstić information content (AvgIpc) is 4.37. The van der Waals surface area contributed by atoms with Gasteiger partial charge in [-0.15, -0.1) is 15.6 Å². The number of likely N-dealkylation sites (tertiary alicyclic amines) is 1. The number of rotatable bonds is 17. The molecule has 21 heteroatoms. The first-order valence-corrected chi connectivity index (χ1v) is 29.2. The molecule has 0 spiro atoms. The van der Waals surface area contributed by atoms with Crippen LogP contribution in [0.4, 0.5) is 24.5 Å². The van der Waals surface area contributed by atoms with E-state index in [0.29, 0.717) is 48.4 Å². The van der Waals surface area contributed by atoms with Crippen LogP contribution in [0.25, 0.3) is 32.6 Å². The number of amides is 3. The van der Waals surface area contributed by atoms with Crippen molar-refractivity contribution in [2.45, 2.75) is 84.6 Å². The number of carbonyl (C=O) groups excluding carboxylic acids is 4. The Hall–Kier alpha value is -6.36. The fourth-order valence-electron chi connectivity index (χ4n) is 11.2. The maximum Gasteiger partial charge on any atom is 0.246 e. The molecule has 0 aliphatic carbocycles. The monoisotopic (exact) mass is 1120 g/mol. The van der Waals surface area contributed by atoms with Crippen molar-refractivity contribution in [3.8, 4) is 21.6 Å². The first-order chi connectivity index (χ1) is 38.0. The highest BCUT2D eigenvalue weighted by atomic mass is 32.2. The minimum Gasteiger partial charge on any atom is -0.573 e. The summed E-state index contributed by atoms with van der Waals surface area (Å²) in [5.41, 5.74) is 6.21. The molecule has 4 fully saturated rings. The van der Waals surface area contributed by atoms with Crippen molar-refractivity contribution in [3.05, 3.63) is 119 Å².